The Morgan fingerprint density at radius 3 is 2.22 bits per heavy atom. The zero-order valence-electron chi connectivity index (χ0n) is 16.3. The lowest BCUT2D eigenvalue weighted by Gasteiger charge is -2.15. The Morgan fingerprint density at radius 2 is 1.74 bits per heavy atom. The molecule has 0 fully saturated rings. The summed E-state index contributed by atoms with van der Waals surface area (Å²) in [5, 5.41) is 6.02. The van der Waals surface area contributed by atoms with Gasteiger partial charge in [0.2, 0.25) is 5.75 Å². The van der Waals surface area contributed by atoms with E-state index in [0.29, 0.717) is 35.2 Å². The maximum absolute atomic E-state index is 12.1. The maximum atomic E-state index is 12.1. The molecule has 0 atom stereocenters. The van der Waals surface area contributed by atoms with Crippen molar-refractivity contribution in [3.63, 3.8) is 0 Å². The number of anilines is 2. The average Bonchev–Trinajstić information content (AvgIpc) is 2.67. The van der Waals surface area contributed by atoms with Crippen molar-refractivity contribution in [3.05, 3.63) is 36.0 Å². The van der Waals surface area contributed by atoms with Crippen LogP contribution in [0.15, 0.2) is 30.5 Å². The van der Waals surface area contributed by atoms with Gasteiger partial charge in [-0.1, -0.05) is 0 Å². The van der Waals surface area contributed by atoms with Crippen LogP contribution in [0.4, 0.5) is 11.5 Å². The van der Waals surface area contributed by atoms with Gasteiger partial charge in [-0.3, -0.25) is 4.79 Å². The molecule has 2 rings (SSSR count). The van der Waals surface area contributed by atoms with Crippen molar-refractivity contribution in [1.29, 1.82) is 0 Å². The summed E-state index contributed by atoms with van der Waals surface area (Å²) in [5.74, 6) is 2.04. The molecule has 8 nitrogen and oxygen atoms in total. The van der Waals surface area contributed by atoms with Crippen LogP contribution >= 0.6 is 0 Å². The van der Waals surface area contributed by atoms with Crippen LogP contribution in [-0.2, 0) is 0 Å². The van der Waals surface area contributed by atoms with E-state index in [2.05, 4.69) is 15.6 Å². The number of carbonyl (C=O) groups is 1. The summed E-state index contributed by atoms with van der Waals surface area (Å²) in [6, 6.07) is 7.03. The third-order valence-electron chi connectivity index (χ3n) is 3.81. The van der Waals surface area contributed by atoms with Crippen molar-refractivity contribution < 1.29 is 19.0 Å². The SMILES string of the molecule is COc1cc(Nc2ccc(C(=O)NCCN(C)C)cn2)cc(OC)c1OC. The Labute approximate surface area is 159 Å². The van der Waals surface area contributed by atoms with Crippen LogP contribution in [0, 0.1) is 0 Å². The molecule has 2 aromatic rings. The molecule has 8 heteroatoms. The highest BCUT2D eigenvalue weighted by Crippen LogP contribution is 2.40. The quantitative estimate of drug-likeness (QED) is 0.696. The van der Waals surface area contributed by atoms with Gasteiger partial charge < -0.3 is 29.7 Å². The molecule has 0 radical (unpaired) electrons. The Bertz CT molecular complexity index is 738. The van der Waals surface area contributed by atoms with Gasteiger partial charge in [-0.15, -0.1) is 0 Å². The number of rotatable bonds is 9. The number of pyridine rings is 1. The fraction of sp³-hybridized carbons (Fsp3) is 0.368. The minimum atomic E-state index is -0.149. The smallest absolute Gasteiger partial charge is 0.252 e. The highest BCUT2D eigenvalue weighted by molar-refractivity contribution is 5.94. The number of hydrogen-bond donors (Lipinski definition) is 2. The van der Waals surface area contributed by atoms with E-state index in [1.54, 1.807) is 45.6 Å². The zero-order valence-corrected chi connectivity index (χ0v) is 16.3. The first-order valence-corrected chi connectivity index (χ1v) is 8.44. The minimum absolute atomic E-state index is 0.149. The third kappa shape index (κ3) is 5.49. The molecule has 0 aliphatic carbocycles. The average molecular weight is 374 g/mol. The van der Waals surface area contributed by atoms with Gasteiger partial charge in [-0.05, 0) is 26.2 Å². The summed E-state index contributed by atoms with van der Waals surface area (Å²) < 4.78 is 16.0. The normalized spacial score (nSPS) is 10.4. The summed E-state index contributed by atoms with van der Waals surface area (Å²) in [7, 11) is 8.58. The molecule has 27 heavy (non-hydrogen) atoms. The van der Waals surface area contributed by atoms with Crippen LogP contribution < -0.4 is 24.8 Å². The van der Waals surface area contributed by atoms with E-state index < -0.39 is 0 Å². The molecule has 0 saturated carbocycles. The van der Waals surface area contributed by atoms with Crippen molar-refractivity contribution in [3.8, 4) is 17.2 Å². The van der Waals surface area contributed by atoms with E-state index >= 15 is 0 Å². The third-order valence-corrected chi connectivity index (χ3v) is 3.81. The molecule has 1 aromatic carbocycles. The van der Waals surface area contributed by atoms with Gasteiger partial charge in [0.25, 0.3) is 5.91 Å². The van der Waals surface area contributed by atoms with Crippen LogP contribution in [0.1, 0.15) is 10.4 Å². The number of likely N-dealkylation sites (N-methyl/N-ethyl adjacent to an activating group) is 1. The fourth-order valence-corrected chi connectivity index (χ4v) is 2.40. The van der Waals surface area contributed by atoms with E-state index in [9.17, 15) is 4.79 Å². The molecule has 0 saturated heterocycles. The summed E-state index contributed by atoms with van der Waals surface area (Å²) in [5.41, 5.74) is 1.23. The van der Waals surface area contributed by atoms with Crippen molar-refractivity contribution in [2.75, 3.05) is 53.8 Å². The molecule has 1 aromatic heterocycles. The highest BCUT2D eigenvalue weighted by atomic mass is 16.5. The van der Waals surface area contributed by atoms with Crippen molar-refractivity contribution in [2.45, 2.75) is 0 Å². The maximum Gasteiger partial charge on any atom is 0.252 e. The summed E-state index contributed by atoms with van der Waals surface area (Å²) in [6.07, 6.45) is 1.53. The van der Waals surface area contributed by atoms with Crippen LogP contribution in [0.25, 0.3) is 0 Å². The number of ether oxygens (including phenoxy) is 3. The Morgan fingerprint density at radius 1 is 1.07 bits per heavy atom. The standard InChI is InChI=1S/C19H26N4O4/c1-23(2)9-8-20-19(24)13-6-7-17(21-12-13)22-14-10-15(25-3)18(27-5)16(11-14)26-4/h6-7,10-12H,8-9H2,1-5H3,(H,20,24)(H,21,22). The van der Waals surface area contributed by atoms with Gasteiger partial charge in [0.1, 0.15) is 5.82 Å². The molecule has 1 amide bonds. The molecule has 146 valence electrons. The van der Waals surface area contributed by atoms with E-state index in [1.165, 1.54) is 6.20 Å². The first kappa shape index (κ1) is 20.3. The van der Waals surface area contributed by atoms with Crippen LogP contribution in [0.2, 0.25) is 0 Å². The second kappa shape index (κ2) is 9.63. The number of aromatic nitrogens is 1. The van der Waals surface area contributed by atoms with Crippen LogP contribution in [0.5, 0.6) is 17.2 Å². The van der Waals surface area contributed by atoms with Crippen molar-refractivity contribution in [2.24, 2.45) is 0 Å². The molecular formula is C19H26N4O4. The number of benzene rings is 1. The Hall–Kier alpha value is -3.00. The number of amides is 1. The predicted octanol–water partition coefficient (Wildman–Crippen LogP) is 2.14. The molecule has 0 spiro atoms. The molecular weight excluding hydrogens is 348 g/mol. The van der Waals surface area contributed by atoms with Gasteiger partial charge in [-0.2, -0.15) is 0 Å². The van der Waals surface area contributed by atoms with E-state index in [1.807, 2.05) is 19.0 Å². The van der Waals surface area contributed by atoms with Gasteiger partial charge >= 0.3 is 0 Å². The zero-order chi connectivity index (χ0) is 19.8. The predicted molar refractivity (Wildman–Crippen MR) is 105 cm³/mol. The number of carbonyl (C=O) groups excluding carboxylic acids is 1. The summed E-state index contributed by atoms with van der Waals surface area (Å²) in [4.78, 5) is 18.4. The Balaban J connectivity index is 2.09. The first-order chi connectivity index (χ1) is 13.0. The Kier molecular flexibility index (Phi) is 7.25. The lowest BCUT2D eigenvalue weighted by atomic mass is 10.2. The second-order valence-corrected chi connectivity index (χ2v) is 6.03. The van der Waals surface area contributed by atoms with E-state index in [-0.39, 0.29) is 5.91 Å². The summed E-state index contributed by atoms with van der Waals surface area (Å²) >= 11 is 0. The summed E-state index contributed by atoms with van der Waals surface area (Å²) in [6.45, 7) is 1.36. The van der Waals surface area contributed by atoms with E-state index in [0.717, 1.165) is 12.2 Å². The largest absolute Gasteiger partial charge is 0.493 e. The number of nitrogens with zero attached hydrogens (tertiary/aromatic N) is 2. The highest BCUT2D eigenvalue weighted by Gasteiger charge is 2.13. The van der Waals surface area contributed by atoms with Crippen molar-refractivity contribution >= 4 is 17.4 Å². The minimum Gasteiger partial charge on any atom is -0.493 e. The molecule has 0 bridgehead atoms. The molecule has 1 heterocycles. The lowest BCUT2D eigenvalue weighted by Crippen LogP contribution is -2.31. The van der Waals surface area contributed by atoms with Gasteiger partial charge in [-0.25, -0.2) is 4.98 Å². The van der Waals surface area contributed by atoms with Gasteiger partial charge in [0, 0.05) is 37.1 Å². The number of nitrogens with one attached hydrogen (secondary N) is 2. The second-order valence-electron chi connectivity index (χ2n) is 6.03. The van der Waals surface area contributed by atoms with Crippen molar-refractivity contribution in [1.82, 2.24) is 15.2 Å². The topological polar surface area (TPSA) is 85.0 Å². The van der Waals surface area contributed by atoms with Gasteiger partial charge in [0.15, 0.2) is 11.5 Å². The molecule has 0 aliphatic heterocycles. The number of methoxy groups -OCH3 is 3. The van der Waals surface area contributed by atoms with Crippen LogP contribution in [0.3, 0.4) is 0 Å². The van der Waals surface area contributed by atoms with Crippen LogP contribution in [-0.4, -0.2) is 64.3 Å². The first-order valence-electron chi connectivity index (χ1n) is 8.44. The molecule has 0 aliphatic rings. The molecule has 0 unspecified atom stereocenters. The lowest BCUT2D eigenvalue weighted by molar-refractivity contribution is 0.0950. The monoisotopic (exact) mass is 374 g/mol. The van der Waals surface area contributed by atoms with Gasteiger partial charge in [0.05, 0.1) is 26.9 Å². The number of hydrogen-bond acceptors (Lipinski definition) is 7. The van der Waals surface area contributed by atoms with E-state index in [4.69, 9.17) is 14.2 Å². The fourth-order valence-electron chi connectivity index (χ4n) is 2.40. The molecule has 2 N–H and O–H groups in total.